The zero-order valence-electron chi connectivity index (χ0n) is 18.2. The fourth-order valence-corrected chi connectivity index (χ4v) is 4.98. The number of amides is 1. The van der Waals surface area contributed by atoms with Crippen molar-refractivity contribution in [1.29, 1.82) is 0 Å². The second-order valence-corrected chi connectivity index (χ2v) is 9.61. The van der Waals surface area contributed by atoms with Crippen molar-refractivity contribution < 1.29 is 32.2 Å². The van der Waals surface area contributed by atoms with Crippen LogP contribution in [0.2, 0.25) is 5.02 Å². The van der Waals surface area contributed by atoms with Crippen molar-refractivity contribution >= 4 is 33.5 Å². The summed E-state index contributed by atoms with van der Waals surface area (Å²) in [7, 11) is -2.29. The molecule has 0 aromatic heterocycles. The molecule has 0 saturated carbocycles. The Bertz CT molecular complexity index is 1120. The van der Waals surface area contributed by atoms with Gasteiger partial charge in [-0.25, -0.2) is 13.2 Å². The highest BCUT2D eigenvalue weighted by molar-refractivity contribution is 7.89. The fourth-order valence-electron chi connectivity index (χ4n) is 3.35. The van der Waals surface area contributed by atoms with Gasteiger partial charge in [-0.3, -0.25) is 4.79 Å². The Labute approximate surface area is 197 Å². The normalized spacial score (nSPS) is 15.5. The minimum Gasteiger partial charge on any atom is -0.496 e. The average Bonchev–Trinajstić information content (AvgIpc) is 2.83. The van der Waals surface area contributed by atoms with Gasteiger partial charge in [-0.1, -0.05) is 29.8 Å². The van der Waals surface area contributed by atoms with Crippen LogP contribution in [0.25, 0.3) is 0 Å². The molecule has 0 bridgehead atoms. The van der Waals surface area contributed by atoms with Crippen molar-refractivity contribution in [3.8, 4) is 5.75 Å². The van der Waals surface area contributed by atoms with Crippen molar-refractivity contribution in [2.45, 2.75) is 17.9 Å². The molecule has 1 N–H and O–H groups in total. The van der Waals surface area contributed by atoms with E-state index in [9.17, 15) is 18.0 Å². The molecule has 0 spiro atoms. The van der Waals surface area contributed by atoms with Crippen LogP contribution in [0.15, 0.2) is 47.4 Å². The lowest BCUT2D eigenvalue weighted by molar-refractivity contribution is -0.124. The molecule has 1 aliphatic heterocycles. The summed E-state index contributed by atoms with van der Waals surface area (Å²) in [6.45, 7) is 2.24. The number of methoxy groups -OCH3 is 1. The van der Waals surface area contributed by atoms with E-state index in [0.29, 0.717) is 19.0 Å². The maximum Gasteiger partial charge on any atom is 0.340 e. The summed E-state index contributed by atoms with van der Waals surface area (Å²) in [5.41, 5.74) is 0.625. The van der Waals surface area contributed by atoms with Crippen molar-refractivity contribution in [2.75, 3.05) is 40.0 Å². The third kappa shape index (κ3) is 6.02. The van der Waals surface area contributed by atoms with Gasteiger partial charge in [0.1, 0.15) is 5.75 Å². The number of carbonyl (C=O) groups is 2. The number of halogens is 1. The number of benzene rings is 2. The van der Waals surface area contributed by atoms with Crippen molar-refractivity contribution in [3.63, 3.8) is 0 Å². The molecule has 1 saturated heterocycles. The van der Waals surface area contributed by atoms with E-state index in [2.05, 4.69) is 5.32 Å². The number of ether oxygens (including phenoxy) is 3. The lowest BCUT2D eigenvalue weighted by Crippen LogP contribution is -2.40. The van der Waals surface area contributed by atoms with Crippen molar-refractivity contribution in [2.24, 2.45) is 0 Å². The van der Waals surface area contributed by atoms with Gasteiger partial charge in [0.2, 0.25) is 10.0 Å². The second-order valence-electron chi connectivity index (χ2n) is 7.27. The van der Waals surface area contributed by atoms with Gasteiger partial charge in [-0.15, -0.1) is 0 Å². The third-order valence-electron chi connectivity index (χ3n) is 5.08. The summed E-state index contributed by atoms with van der Waals surface area (Å²) in [5, 5.41) is 2.74. The number of para-hydroxylation sites is 1. The molecule has 0 aliphatic carbocycles. The van der Waals surface area contributed by atoms with Gasteiger partial charge in [0.25, 0.3) is 5.91 Å². The maximum atomic E-state index is 12.8. The molecule has 3 rings (SSSR count). The van der Waals surface area contributed by atoms with E-state index in [1.807, 2.05) is 18.2 Å². The summed E-state index contributed by atoms with van der Waals surface area (Å²) in [6.07, 6.45) is 0. The Morgan fingerprint density at radius 2 is 1.88 bits per heavy atom. The predicted molar refractivity (Wildman–Crippen MR) is 121 cm³/mol. The van der Waals surface area contributed by atoms with Gasteiger partial charge in [0.15, 0.2) is 6.61 Å². The summed E-state index contributed by atoms with van der Waals surface area (Å²) >= 11 is 6.10. The summed E-state index contributed by atoms with van der Waals surface area (Å²) < 4.78 is 42.5. The molecule has 1 atom stereocenters. The number of hydrogen-bond acceptors (Lipinski definition) is 7. The molecule has 9 nitrogen and oxygen atoms in total. The molecule has 1 unspecified atom stereocenters. The first-order valence-corrected chi connectivity index (χ1v) is 12.0. The standard InChI is InChI=1S/C22H25ClN2O7S/c1-15(17-5-3-4-6-20(17)30-2)24-21(26)14-32-22(27)18-13-16(7-8-19(18)23)33(28,29)25-9-11-31-12-10-25/h3-8,13,15H,9-12,14H2,1-2H3,(H,24,26). The molecule has 2 aromatic carbocycles. The number of sulfonamides is 1. The molecule has 1 amide bonds. The topological polar surface area (TPSA) is 111 Å². The van der Waals surface area contributed by atoms with E-state index >= 15 is 0 Å². The van der Waals surface area contributed by atoms with Crippen LogP contribution >= 0.6 is 11.6 Å². The Morgan fingerprint density at radius 1 is 1.18 bits per heavy atom. The lowest BCUT2D eigenvalue weighted by Gasteiger charge is -2.26. The van der Waals surface area contributed by atoms with E-state index in [1.165, 1.54) is 23.5 Å². The van der Waals surface area contributed by atoms with Gasteiger partial charge in [-0.05, 0) is 31.2 Å². The molecule has 11 heteroatoms. The molecular formula is C22H25ClN2O7S. The molecule has 2 aromatic rings. The molecule has 1 aliphatic rings. The van der Waals surface area contributed by atoms with Crippen LogP contribution in [0, 0.1) is 0 Å². The Hall–Kier alpha value is -2.66. The van der Waals surface area contributed by atoms with Crippen molar-refractivity contribution in [3.05, 3.63) is 58.6 Å². The number of esters is 1. The Balaban J connectivity index is 1.65. The number of nitrogens with one attached hydrogen (secondary N) is 1. The van der Waals surface area contributed by atoms with E-state index in [4.69, 9.17) is 25.8 Å². The van der Waals surface area contributed by atoms with Crippen molar-refractivity contribution in [1.82, 2.24) is 9.62 Å². The highest BCUT2D eigenvalue weighted by atomic mass is 35.5. The van der Waals surface area contributed by atoms with Crippen LogP contribution in [-0.2, 0) is 24.3 Å². The van der Waals surface area contributed by atoms with E-state index < -0.39 is 34.5 Å². The number of rotatable bonds is 8. The summed E-state index contributed by atoms with van der Waals surface area (Å²) in [5.74, 6) is -0.818. The maximum absolute atomic E-state index is 12.8. The fraction of sp³-hybridized carbons (Fsp3) is 0.364. The Morgan fingerprint density at radius 3 is 2.58 bits per heavy atom. The van der Waals surface area contributed by atoms with Gasteiger partial charge < -0.3 is 19.5 Å². The van der Waals surface area contributed by atoms with E-state index in [1.54, 1.807) is 13.0 Å². The first-order chi connectivity index (χ1) is 15.7. The van der Waals surface area contributed by atoms with Crippen LogP contribution in [0.1, 0.15) is 28.9 Å². The Kier molecular flexibility index (Phi) is 8.30. The summed E-state index contributed by atoms with van der Waals surface area (Å²) in [4.78, 5) is 24.8. The zero-order chi connectivity index (χ0) is 24.0. The molecular weight excluding hydrogens is 472 g/mol. The van der Waals surface area contributed by atoms with Gasteiger partial charge in [0.05, 0.1) is 41.8 Å². The van der Waals surface area contributed by atoms with Gasteiger partial charge >= 0.3 is 5.97 Å². The quantitative estimate of drug-likeness (QED) is 0.558. The number of carbonyl (C=O) groups excluding carboxylic acids is 2. The SMILES string of the molecule is COc1ccccc1C(C)NC(=O)COC(=O)c1cc(S(=O)(=O)N2CCOCC2)ccc1Cl. The minimum absolute atomic E-state index is 0.0173. The molecule has 178 valence electrons. The molecule has 33 heavy (non-hydrogen) atoms. The van der Waals surface area contributed by atoms with Gasteiger partial charge in [0, 0.05) is 18.7 Å². The zero-order valence-corrected chi connectivity index (χ0v) is 19.8. The van der Waals surface area contributed by atoms with Crippen LogP contribution in [0.3, 0.4) is 0 Å². The van der Waals surface area contributed by atoms with Crippen LogP contribution in [0.5, 0.6) is 5.75 Å². The number of nitrogens with zero attached hydrogens (tertiary/aromatic N) is 1. The van der Waals surface area contributed by atoms with E-state index in [0.717, 1.165) is 11.6 Å². The van der Waals surface area contributed by atoms with Gasteiger partial charge in [-0.2, -0.15) is 4.31 Å². The highest BCUT2D eigenvalue weighted by Crippen LogP contribution is 2.25. The molecule has 1 fully saturated rings. The summed E-state index contributed by atoms with van der Waals surface area (Å²) in [6, 6.07) is 10.6. The van der Waals surface area contributed by atoms with Crippen LogP contribution < -0.4 is 10.1 Å². The van der Waals surface area contributed by atoms with Crippen LogP contribution in [0.4, 0.5) is 0 Å². The second kappa shape index (κ2) is 11.0. The average molecular weight is 497 g/mol. The van der Waals surface area contributed by atoms with E-state index in [-0.39, 0.29) is 28.6 Å². The monoisotopic (exact) mass is 496 g/mol. The highest BCUT2D eigenvalue weighted by Gasteiger charge is 2.28. The minimum atomic E-state index is -3.82. The largest absolute Gasteiger partial charge is 0.496 e. The lowest BCUT2D eigenvalue weighted by atomic mass is 10.1. The first-order valence-electron chi connectivity index (χ1n) is 10.2. The molecule has 1 heterocycles. The smallest absolute Gasteiger partial charge is 0.340 e. The predicted octanol–water partition coefficient (Wildman–Crippen LogP) is 2.40. The van der Waals surface area contributed by atoms with Crippen LogP contribution in [-0.4, -0.2) is 64.6 Å². The number of morpholine rings is 1. The molecule has 0 radical (unpaired) electrons. The first kappa shape index (κ1) is 25.0. The number of hydrogen-bond donors (Lipinski definition) is 1. The third-order valence-corrected chi connectivity index (χ3v) is 7.31.